The Morgan fingerprint density at radius 3 is 2.30 bits per heavy atom. The van der Waals surface area contributed by atoms with E-state index in [9.17, 15) is 14.7 Å². The monoisotopic (exact) mass is 307 g/mol. The highest BCUT2D eigenvalue weighted by molar-refractivity contribution is 6.03. The van der Waals surface area contributed by atoms with Crippen LogP contribution in [0, 0.1) is 0 Å². The van der Waals surface area contributed by atoms with E-state index in [1.807, 2.05) is 24.3 Å². The number of pyridine rings is 1. The summed E-state index contributed by atoms with van der Waals surface area (Å²) in [4.78, 5) is 27.8. The second-order valence-corrected chi connectivity index (χ2v) is 4.87. The summed E-state index contributed by atoms with van der Waals surface area (Å²) < 4.78 is 0. The minimum atomic E-state index is -0.606. The molecule has 3 aromatic rings. The summed E-state index contributed by atoms with van der Waals surface area (Å²) in [6.45, 7) is 0. The van der Waals surface area contributed by atoms with Gasteiger partial charge < -0.3 is 5.11 Å². The standard InChI is InChI=1S/C17H13N3O3/c21-15-9-12-5-2-1-4-11(12)8-14(15)17(23)20-19-16(22)13-6-3-7-18-10-13/h1-10,21H,(H,19,22)(H,20,23). The molecule has 6 nitrogen and oxygen atoms in total. The highest BCUT2D eigenvalue weighted by Gasteiger charge is 2.13. The van der Waals surface area contributed by atoms with Gasteiger partial charge in [-0.3, -0.25) is 25.4 Å². The normalized spacial score (nSPS) is 10.3. The van der Waals surface area contributed by atoms with E-state index in [4.69, 9.17) is 0 Å². The lowest BCUT2D eigenvalue weighted by atomic mass is 10.1. The number of benzene rings is 2. The van der Waals surface area contributed by atoms with E-state index in [1.54, 1.807) is 24.4 Å². The van der Waals surface area contributed by atoms with Gasteiger partial charge in [0.15, 0.2) is 0 Å². The number of rotatable bonds is 2. The third-order valence-corrected chi connectivity index (χ3v) is 3.32. The van der Waals surface area contributed by atoms with E-state index in [2.05, 4.69) is 15.8 Å². The molecule has 2 aromatic carbocycles. The predicted molar refractivity (Wildman–Crippen MR) is 84.8 cm³/mol. The smallest absolute Gasteiger partial charge is 0.273 e. The number of carbonyl (C=O) groups excluding carboxylic acids is 2. The molecule has 0 saturated carbocycles. The zero-order chi connectivity index (χ0) is 16.2. The van der Waals surface area contributed by atoms with Gasteiger partial charge in [-0.2, -0.15) is 0 Å². The van der Waals surface area contributed by atoms with Gasteiger partial charge in [0, 0.05) is 12.4 Å². The molecule has 23 heavy (non-hydrogen) atoms. The lowest BCUT2D eigenvalue weighted by molar-refractivity contribution is 0.0845. The average Bonchev–Trinajstić information content (AvgIpc) is 2.59. The number of carbonyl (C=O) groups is 2. The molecule has 1 heterocycles. The maximum atomic E-state index is 12.1. The van der Waals surface area contributed by atoms with E-state index in [-0.39, 0.29) is 11.3 Å². The van der Waals surface area contributed by atoms with Crippen molar-refractivity contribution >= 4 is 22.6 Å². The zero-order valence-electron chi connectivity index (χ0n) is 12.0. The van der Waals surface area contributed by atoms with Crippen LogP contribution in [-0.4, -0.2) is 21.9 Å². The molecule has 3 rings (SSSR count). The van der Waals surface area contributed by atoms with Crippen molar-refractivity contribution in [1.29, 1.82) is 0 Å². The van der Waals surface area contributed by atoms with Crippen LogP contribution >= 0.6 is 0 Å². The van der Waals surface area contributed by atoms with Gasteiger partial charge >= 0.3 is 0 Å². The Morgan fingerprint density at radius 2 is 1.61 bits per heavy atom. The number of hydrogen-bond donors (Lipinski definition) is 3. The predicted octanol–water partition coefficient (Wildman–Crippen LogP) is 2.02. The summed E-state index contributed by atoms with van der Waals surface area (Å²) in [5.41, 5.74) is 4.95. The van der Waals surface area contributed by atoms with Gasteiger partial charge in [-0.1, -0.05) is 24.3 Å². The summed E-state index contributed by atoms with van der Waals surface area (Å²) in [6.07, 6.45) is 2.93. The number of phenolic OH excluding ortho intramolecular Hbond substituents is 1. The molecule has 0 aliphatic rings. The molecule has 0 fully saturated rings. The van der Waals surface area contributed by atoms with Crippen molar-refractivity contribution < 1.29 is 14.7 Å². The third kappa shape index (κ3) is 3.11. The van der Waals surface area contributed by atoms with Crippen LogP contribution in [0.1, 0.15) is 20.7 Å². The summed E-state index contributed by atoms with van der Waals surface area (Å²) in [6, 6.07) is 13.6. The van der Waals surface area contributed by atoms with Gasteiger partial charge in [0.1, 0.15) is 5.75 Å². The van der Waals surface area contributed by atoms with Crippen LogP contribution in [-0.2, 0) is 0 Å². The van der Waals surface area contributed by atoms with Gasteiger partial charge in [0.2, 0.25) is 0 Å². The van der Waals surface area contributed by atoms with Gasteiger partial charge in [-0.05, 0) is 35.0 Å². The highest BCUT2D eigenvalue weighted by atomic mass is 16.3. The molecule has 0 radical (unpaired) electrons. The molecule has 6 heteroatoms. The minimum absolute atomic E-state index is 0.0789. The van der Waals surface area contributed by atoms with Gasteiger partial charge in [-0.15, -0.1) is 0 Å². The average molecular weight is 307 g/mol. The Kier molecular flexibility index (Phi) is 3.88. The van der Waals surface area contributed by atoms with Gasteiger partial charge in [0.05, 0.1) is 11.1 Å². The SMILES string of the molecule is O=C(NNC(=O)c1cc2ccccc2cc1O)c1cccnc1. The van der Waals surface area contributed by atoms with Crippen molar-refractivity contribution in [2.24, 2.45) is 0 Å². The minimum Gasteiger partial charge on any atom is -0.507 e. The second kappa shape index (κ2) is 6.15. The first-order valence-corrected chi connectivity index (χ1v) is 6.87. The number of aromatic nitrogens is 1. The molecule has 0 saturated heterocycles. The molecule has 0 bridgehead atoms. The molecule has 0 aliphatic heterocycles. The molecule has 0 unspecified atom stereocenters. The Morgan fingerprint density at radius 1 is 0.913 bits per heavy atom. The van der Waals surface area contributed by atoms with Crippen LogP contribution < -0.4 is 10.9 Å². The number of amides is 2. The number of hydrazine groups is 1. The van der Waals surface area contributed by atoms with E-state index in [1.165, 1.54) is 12.3 Å². The summed E-state index contributed by atoms with van der Waals surface area (Å²) in [5.74, 6) is -1.26. The van der Waals surface area contributed by atoms with Crippen molar-refractivity contribution in [3.63, 3.8) is 0 Å². The lowest BCUT2D eigenvalue weighted by Gasteiger charge is -2.09. The first-order chi connectivity index (χ1) is 11.1. The fraction of sp³-hybridized carbons (Fsp3) is 0. The lowest BCUT2D eigenvalue weighted by Crippen LogP contribution is -2.41. The van der Waals surface area contributed by atoms with Gasteiger partial charge in [-0.25, -0.2) is 0 Å². The molecule has 1 aromatic heterocycles. The van der Waals surface area contributed by atoms with Crippen LogP contribution in [0.15, 0.2) is 60.9 Å². The highest BCUT2D eigenvalue weighted by Crippen LogP contribution is 2.24. The Bertz CT molecular complexity index is 879. The molecule has 0 atom stereocenters. The van der Waals surface area contributed by atoms with Crippen molar-refractivity contribution in [3.8, 4) is 5.75 Å². The van der Waals surface area contributed by atoms with Crippen molar-refractivity contribution in [3.05, 3.63) is 72.1 Å². The molecular weight excluding hydrogens is 294 g/mol. The molecule has 0 aliphatic carbocycles. The number of nitrogens with one attached hydrogen (secondary N) is 2. The molecular formula is C17H13N3O3. The summed E-state index contributed by atoms with van der Waals surface area (Å²) in [7, 11) is 0. The Balaban J connectivity index is 1.76. The number of nitrogens with zero attached hydrogens (tertiary/aromatic N) is 1. The van der Waals surface area contributed by atoms with Crippen molar-refractivity contribution in [1.82, 2.24) is 15.8 Å². The van der Waals surface area contributed by atoms with E-state index >= 15 is 0 Å². The van der Waals surface area contributed by atoms with Crippen LogP contribution in [0.2, 0.25) is 0 Å². The molecule has 0 spiro atoms. The van der Waals surface area contributed by atoms with Crippen LogP contribution in [0.4, 0.5) is 0 Å². The van der Waals surface area contributed by atoms with Crippen LogP contribution in [0.3, 0.4) is 0 Å². The number of hydrogen-bond acceptors (Lipinski definition) is 4. The van der Waals surface area contributed by atoms with Crippen molar-refractivity contribution in [2.45, 2.75) is 0 Å². The zero-order valence-corrected chi connectivity index (χ0v) is 12.0. The fourth-order valence-corrected chi connectivity index (χ4v) is 2.16. The number of phenols is 1. The Labute approximate surface area is 131 Å². The molecule has 114 valence electrons. The first kappa shape index (κ1) is 14.5. The fourth-order valence-electron chi connectivity index (χ4n) is 2.16. The summed E-state index contributed by atoms with van der Waals surface area (Å²) >= 11 is 0. The maximum absolute atomic E-state index is 12.1. The molecule has 3 N–H and O–H groups in total. The summed E-state index contributed by atoms with van der Waals surface area (Å²) in [5, 5.41) is 11.6. The van der Waals surface area contributed by atoms with Gasteiger partial charge in [0.25, 0.3) is 11.8 Å². The third-order valence-electron chi connectivity index (χ3n) is 3.32. The second-order valence-electron chi connectivity index (χ2n) is 4.87. The first-order valence-electron chi connectivity index (χ1n) is 6.87. The quantitative estimate of drug-likeness (QED) is 0.632. The Hall–Kier alpha value is -3.41. The van der Waals surface area contributed by atoms with Crippen LogP contribution in [0.25, 0.3) is 10.8 Å². The van der Waals surface area contributed by atoms with E-state index < -0.39 is 11.8 Å². The molecule has 2 amide bonds. The van der Waals surface area contributed by atoms with Crippen molar-refractivity contribution in [2.75, 3.05) is 0 Å². The van der Waals surface area contributed by atoms with Crippen LogP contribution in [0.5, 0.6) is 5.75 Å². The number of aromatic hydroxyl groups is 1. The number of fused-ring (bicyclic) bond motifs is 1. The largest absolute Gasteiger partial charge is 0.507 e. The van der Waals surface area contributed by atoms with E-state index in [0.29, 0.717) is 5.56 Å². The topological polar surface area (TPSA) is 91.3 Å². The maximum Gasteiger partial charge on any atom is 0.273 e. The van der Waals surface area contributed by atoms with E-state index in [0.717, 1.165) is 10.8 Å².